The number of benzene rings is 1. The number of nitrogens with zero attached hydrogens (tertiary/aromatic N) is 2. The third-order valence-corrected chi connectivity index (χ3v) is 3.76. The molecular formula is C16H10ClFN2O3. The molecule has 3 rings (SSSR count). The maximum Gasteiger partial charge on any atom is 0.341 e. The van der Waals surface area contributed by atoms with Crippen molar-refractivity contribution in [3.05, 3.63) is 68.8 Å². The molecule has 1 aromatic carbocycles. The van der Waals surface area contributed by atoms with Gasteiger partial charge in [0.1, 0.15) is 11.2 Å². The van der Waals surface area contributed by atoms with Crippen molar-refractivity contribution < 1.29 is 14.3 Å². The van der Waals surface area contributed by atoms with Gasteiger partial charge in [-0.25, -0.2) is 14.2 Å². The van der Waals surface area contributed by atoms with Gasteiger partial charge in [-0.1, -0.05) is 29.8 Å². The van der Waals surface area contributed by atoms with Gasteiger partial charge >= 0.3 is 5.97 Å². The molecule has 0 radical (unpaired) electrons. The number of fused-ring (bicyclic) bond motifs is 1. The molecule has 0 unspecified atom stereocenters. The van der Waals surface area contributed by atoms with Gasteiger partial charge in [0.25, 0.3) is 0 Å². The molecule has 0 aliphatic carbocycles. The fraction of sp³-hybridized carbons (Fsp3) is 0.0625. The number of para-hydroxylation sites is 1. The van der Waals surface area contributed by atoms with Crippen LogP contribution in [0.1, 0.15) is 15.9 Å². The maximum absolute atomic E-state index is 13.7. The molecule has 7 heteroatoms. The van der Waals surface area contributed by atoms with Crippen LogP contribution < -0.4 is 5.43 Å². The number of aryl methyl sites for hydroxylation is 1. The molecule has 0 saturated carbocycles. The Bertz CT molecular complexity index is 1010. The van der Waals surface area contributed by atoms with Crippen molar-refractivity contribution >= 4 is 28.6 Å². The van der Waals surface area contributed by atoms with E-state index in [9.17, 15) is 19.1 Å². The number of pyridine rings is 2. The first-order valence-electron chi connectivity index (χ1n) is 6.61. The molecule has 1 N–H and O–H groups in total. The van der Waals surface area contributed by atoms with Crippen molar-refractivity contribution in [2.45, 2.75) is 6.92 Å². The Hall–Kier alpha value is -2.73. The Morgan fingerprint density at radius 1 is 1.35 bits per heavy atom. The highest BCUT2D eigenvalue weighted by atomic mass is 35.5. The predicted molar refractivity (Wildman–Crippen MR) is 84.0 cm³/mol. The number of aromatic carboxylic acids is 1. The quantitative estimate of drug-likeness (QED) is 0.731. The lowest BCUT2D eigenvalue weighted by atomic mass is 10.1. The lowest BCUT2D eigenvalue weighted by Crippen LogP contribution is -2.19. The summed E-state index contributed by atoms with van der Waals surface area (Å²) in [4.78, 5) is 27.5. The topological polar surface area (TPSA) is 72.2 Å². The molecule has 0 amide bonds. The largest absolute Gasteiger partial charge is 0.477 e. The Balaban J connectivity index is 2.53. The fourth-order valence-corrected chi connectivity index (χ4v) is 2.51. The van der Waals surface area contributed by atoms with Crippen molar-refractivity contribution in [2.24, 2.45) is 0 Å². The van der Waals surface area contributed by atoms with Crippen molar-refractivity contribution in [3.8, 4) is 5.69 Å². The maximum atomic E-state index is 13.7. The van der Waals surface area contributed by atoms with Gasteiger partial charge in [0.15, 0.2) is 11.0 Å². The predicted octanol–water partition coefficient (Wildman–Crippen LogP) is 3.18. The van der Waals surface area contributed by atoms with Crippen LogP contribution in [-0.4, -0.2) is 20.6 Å². The van der Waals surface area contributed by atoms with Crippen LogP contribution in [-0.2, 0) is 0 Å². The first-order chi connectivity index (χ1) is 10.9. The van der Waals surface area contributed by atoms with Gasteiger partial charge in [-0.3, -0.25) is 9.36 Å². The van der Waals surface area contributed by atoms with E-state index in [1.165, 1.54) is 10.8 Å². The molecule has 0 fully saturated rings. The highest BCUT2D eigenvalue weighted by Crippen LogP contribution is 2.22. The Labute approximate surface area is 134 Å². The van der Waals surface area contributed by atoms with Crippen LogP contribution in [0.4, 0.5) is 4.39 Å². The molecule has 2 aromatic heterocycles. The number of carboxylic acid groups (broad SMARTS) is 1. The summed E-state index contributed by atoms with van der Waals surface area (Å²) in [5.41, 5.74) is 0.275. The fourth-order valence-electron chi connectivity index (χ4n) is 2.37. The molecule has 0 aliphatic heterocycles. The van der Waals surface area contributed by atoms with Crippen LogP contribution in [0.3, 0.4) is 0 Å². The highest BCUT2D eigenvalue weighted by Gasteiger charge is 2.18. The molecule has 2 heterocycles. The van der Waals surface area contributed by atoms with Crippen LogP contribution in [0.5, 0.6) is 0 Å². The zero-order chi connectivity index (χ0) is 16.7. The Kier molecular flexibility index (Phi) is 3.61. The minimum atomic E-state index is -1.39. The lowest BCUT2D eigenvalue weighted by molar-refractivity contribution is 0.0695. The van der Waals surface area contributed by atoms with Crippen LogP contribution in [0.2, 0.25) is 5.15 Å². The number of hydrogen-bond acceptors (Lipinski definition) is 3. The van der Waals surface area contributed by atoms with Gasteiger partial charge in [-0.05, 0) is 24.6 Å². The molecular weight excluding hydrogens is 323 g/mol. The Morgan fingerprint density at radius 2 is 2.04 bits per heavy atom. The first kappa shape index (κ1) is 15.2. The SMILES string of the molecule is Cc1ccccc1-n1cc(C(=O)O)c(=O)c2cc(F)c(Cl)nc21. The zero-order valence-corrected chi connectivity index (χ0v) is 12.6. The minimum absolute atomic E-state index is 0.0979. The second-order valence-corrected chi connectivity index (χ2v) is 5.32. The number of aromatic nitrogens is 2. The summed E-state index contributed by atoms with van der Waals surface area (Å²) in [6.45, 7) is 1.82. The second kappa shape index (κ2) is 5.48. The summed E-state index contributed by atoms with van der Waals surface area (Å²) in [6, 6.07) is 8.06. The van der Waals surface area contributed by atoms with E-state index in [-0.39, 0.29) is 16.2 Å². The summed E-state index contributed by atoms with van der Waals surface area (Å²) in [5.74, 6) is -2.27. The molecule has 0 aliphatic rings. The van der Waals surface area contributed by atoms with Crippen LogP contribution in [0.15, 0.2) is 41.3 Å². The van der Waals surface area contributed by atoms with Crippen molar-refractivity contribution in [3.63, 3.8) is 0 Å². The molecule has 0 atom stereocenters. The van der Waals surface area contributed by atoms with Crippen molar-refractivity contribution in [2.75, 3.05) is 0 Å². The molecule has 5 nitrogen and oxygen atoms in total. The zero-order valence-electron chi connectivity index (χ0n) is 11.9. The Morgan fingerprint density at radius 3 is 2.70 bits per heavy atom. The van der Waals surface area contributed by atoms with Crippen molar-refractivity contribution in [1.29, 1.82) is 0 Å². The van der Waals surface area contributed by atoms with E-state index in [1.807, 2.05) is 19.1 Å². The van der Waals surface area contributed by atoms with Gasteiger partial charge in [0, 0.05) is 11.9 Å². The van der Waals surface area contributed by atoms with Crippen LogP contribution in [0.25, 0.3) is 16.7 Å². The smallest absolute Gasteiger partial charge is 0.341 e. The van der Waals surface area contributed by atoms with E-state index >= 15 is 0 Å². The van der Waals surface area contributed by atoms with E-state index < -0.39 is 22.8 Å². The highest BCUT2D eigenvalue weighted by molar-refractivity contribution is 6.29. The van der Waals surface area contributed by atoms with Gasteiger partial charge in [-0.15, -0.1) is 0 Å². The summed E-state index contributed by atoms with van der Waals surface area (Å²) in [5, 5.41) is 8.71. The average molecular weight is 333 g/mol. The summed E-state index contributed by atoms with van der Waals surface area (Å²) < 4.78 is 15.1. The third kappa shape index (κ3) is 2.47. The molecule has 0 spiro atoms. The average Bonchev–Trinajstić information content (AvgIpc) is 2.50. The molecule has 0 bridgehead atoms. The van der Waals surface area contributed by atoms with E-state index in [1.54, 1.807) is 12.1 Å². The van der Waals surface area contributed by atoms with E-state index in [4.69, 9.17) is 11.6 Å². The monoisotopic (exact) mass is 332 g/mol. The van der Waals surface area contributed by atoms with Gasteiger partial charge in [0.2, 0.25) is 5.43 Å². The van der Waals surface area contributed by atoms with Gasteiger partial charge in [0.05, 0.1) is 5.39 Å². The number of carbonyl (C=O) groups is 1. The number of halogens is 2. The van der Waals surface area contributed by atoms with E-state index in [0.717, 1.165) is 11.6 Å². The third-order valence-electron chi connectivity index (χ3n) is 3.49. The summed E-state index contributed by atoms with van der Waals surface area (Å²) >= 11 is 5.72. The summed E-state index contributed by atoms with van der Waals surface area (Å²) in [6.07, 6.45) is 1.18. The number of hydrogen-bond donors (Lipinski definition) is 1. The van der Waals surface area contributed by atoms with E-state index in [0.29, 0.717) is 5.69 Å². The molecule has 116 valence electrons. The molecule has 0 saturated heterocycles. The number of carboxylic acids is 1. The number of rotatable bonds is 2. The standard InChI is InChI=1S/C16H10ClFN2O3/c1-8-4-2-3-5-12(8)20-7-10(16(22)23)13(21)9-6-11(18)14(17)19-15(9)20/h2-7H,1H3,(H,22,23). The molecule has 23 heavy (non-hydrogen) atoms. The normalized spacial score (nSPS) is 10.9. The van der Waals surface area contributed by atoms with Crippen LogP contribution in [0, 0.1) is 12.7 Å². The van der Waals surface area contributed by atoms with Crippen molar-refractivity contribution in [1.82, 2.24) is 9.55 Å². The second-order valence-electron chi connectivity index (χ2n) is 4.97. The minimum Gasteiger partial charge on any atom is -0.477 e. The van der Waals surface area contributed by atoms with Gasteiger partial charge in [-0.2, -0.15) is 0 Å². The van der Waals surface area contributed by atoms with E-state index in [2.05, 4.69) is 4.98 Å². The lowest BCUT2D eigenvalue weighted by Gasteiger charge is -2.14. The van der Waals surface area contributed by atoms with Crippen LogP contribution >= 0.6 is 11.6 Å². The first-order valence-corrected chi connectivity index (χ1v) is 6.98. The van der Waals surface area contributed by atoms with Gasteiger partial charge < -0.3 is 5.11 Å². The summed E-state index contributed by atoms with van der Waals surface area (Å²) in [7, 11) is 0. The molecule has 3 aromatic rings.